The third-order valence-corrected chi connectivity index (χ3v) is 1.34. The van der Waals surface area contributed by atoms with E-state index in [2.05, 4.69) is 18.3 Å². The third-order valence-electron chi connectivity index (χ3n) is 1.34. The first-order valence-corrected chi connectivity index (χ1v) is 2.91. The van der Waals surface area contributed by atoms with Crippen molar-refractivity contribution in [1.82, 2.24) is 5.32 Å². The maximum atomic E-state index is 3.19. The van der Waals surface area contributed by atoms with Crippen LogP contribution < -0.4 is 5.32 Å². The van der Waals surface area contributed by atoms with Crippen molar-refractivity contribution in [3.05, 3.63) is 23.4 Å². The molecule has 1 rings (SSSR count). The molecule has 1 nitrogen and oxygen atoms in total. The highest BCUT2D eigenvalue weighted by atomic mass is 14.9. The second-order valence-corrected chi connectivity index (χ2v) is 2.05. The van der Waals surface area contributed by atoms with Crippen LogP contribution in [-0.4, -0.2) is 6.54 Å². The van der Waals surface area contributed by atoms with Gasteiger partial charge >= 0.3 is 0 Å². The van der Waals surface area contributed by atoms with Crippen LogP contribution in [0.5, 0.6) is 0 Å². The van der Waals surface area contributed by atoms with Crippen molar-refractivity contribution in [2.24, 2.45) is 0 Å². The van der Waals surface area contributed by atoms with Crippen LogP contribution in [-0.2, 0) is 0 Å². The van der Waals surface area contributed by atoms with E-state index in [1.165, 1.54) is 11.3 Å². The monoisotopic (exact) mass is 109 g/mol. The van der Waals surface area contributed by atoms with Gasteiger partial charge in [0.25, 0.3) is 0 Å². The van der Waals surface area contributed by atoms with E-state index in [4.69, 9.17) is 0 Å². The highest BCUT2D eigenvalue weighted by molar-refractivity contribution is 5.31. The van der Waals surface area contributed by atoms with Crippen LogP contribution in [0.1, 0.15) is 13.8 Å². The van der Waals surface area contributed by atoms with E-state index in [9.17, 15) is 0 Å². The second-order valence-electron chi connectivity index (χ2n) is 2.05. The Hall–Kier alpha value is -0.720. The van der Waals surface area contributed by atoms with Crippen molar-refractivity contribution >= 4 is 0 Å². The minimum absolute atomic E-state index is 1.07. The zero-order valence-corrected chi connectivity index (χ0v) is 5.36. The molecule has 1 heterocycles. The van der Waals surface area contributed by atoms with Gasteiger partial charge < -0.3 is 5.32 Å². The van der Waals surface area contributed by atoms with Gasteiger partial charge in [0.2, 0.25) is 0 Å². The molecule has 1 N–H and O–H groups in total. The fraction of sp³-hybridized carbons (Fsp3) is 0.429. The Bertz CT molecular complexity index is 142. The van der Waals surface area contributed by atoms with Gasteiger partial charge in [0.05, 0.1) is 0 Å². The summed E-state index contributed by atoms with van der Waals surface area (Å²) < 4.78 is 0. The molecule has 1 aliphatic heterocycles. The van der Waals surface area contributed by atoms with Gasteiger partial charge in [0.1, 0.15) is 0 Å². The summed E-state index contributed by atoms with van der Waals surface area (Å²) in [5.41, 5.74) is 2.76. The van der Waals surface area contributed by atoms with E-state index >= 15 is 0 Å². The van der Waals surface area contributed by atoms with Crippen LogP contribution in [0.2, 0.25) is 0 Å². The molecule has 0 atom stereocenters. The first kappa shape index (κ1) is 5.42. The van der Waals surface area contributed by atoms with Gasteiger partial charge in [-0.25, -0.2) is 0 Å². The molecule has 8 heavy (non-hydrogen) atoms. The number of allylic oxidation sites excluding steroid dienone is 2. The molecule has 0 amide bonds. The predicted molar refractivity (Wildman–Crippen MR) is 35.5 cm³/mol. The lowest BCUT2D eigenvalue weighted by atomic mass is 10.1. The molecule has 0 aromatic heterocycles. The van der Waals surface area contributed by atoms with Gasteiger partial charge in [-0.15, -0.1) is 0 Å². The Morgan fingerprint density at radius 3 is 2.50 bits per heavy atom. The van der Waals surface area contributed by atoms with Crippen molar-refractivity contribution < 1.29 is 0 Å². The van der Waals surface area contributed by atoms with Crippen molar-refractivity contribution in [3.63, 3.8) is 0 Å². The number of hydrogen-bond acceptors (Lipinski definition) is 1. The molecular weight excluding hydrogens is 98.1 g/mol. The summed E-state index contributed by atoms with van der Waals surface area (Å²) in [4.78, 5) is 0. The fourth-order valence-corrected chi connectivity index (χ4v) is 0.735. The number of hydrogen-bond donors (Lipinski definition) is 1. The largest absolute Gasteiger partial charge is 0.381 e. The smallest absolute Gasteiger partial charge is 0.0380 e. The molecule has 0 bridgehead atoms. The molecule has 0 radical (unpaired) electrons. The van der Waals surface area contributed by atoms with Gasteiger partial charge in [-0.1, -0.05) is 6.08 Å². The topological polar surface area (TPSA) is 12.0 Å². The normalized spacial score (nSPS) is 18.8. The summed E-state index contributed by atoms with van der Waals surface area (Å²) in [5, 5.41) is 3.19. The fourth-order valence-electron chi connectivity index (χ4n) is 0.735. The van der Waals surface area contributed by atoms with Gasteiger partial charge in [0.15, 0.2) is 0 Å². The van der Waals surface area contributed by atoms with Crippen molar-refractivity contribution in [3.8, 4) is 0 Å². The zero-order chi connectivity index (χ0) is 5.98. The van der Waals surface area contributed by atoms with Crippen LogP contribution >= 0.6 is 0 Å². The van der Waals surface area contributed by atoms with Crippen molar-refractivity contribution in [1.29, 1.82) is 0 Å². The van der Waals surface area contributed by atoms with Crippen molar-refractivity contribution in [2.45, 2.75) is 13.8 Å². The highest BCUT2D eigenvalue weighted by Gasteiger charge is 2.06. The summed E-state index contributed by atoms with van der Waals surface area (Å²) in [5.74, 6) is 0. The molecule has 44 valence electrons. The lowest BCUT2D eigenvalue weighted by molar-refractivity contribution is 0.781. The van der Waals surface area contributed by atoms with E-state index in [1.54, 1.807) is 0 Å². The molecular formula is C7H11N. The Labute approximate surface area is 50.1 Å². The van der Waals surface area contributed by atoms with E-state index in [1.807, 2.05) is 13.0 Å². The van der Waals surface area contributed by atoms with Crippen LogP contribution in [0, 0.1) is 0 Å². The third kappa shape index (κ3) is 0.760. The van der Waals surface area contributed by atoms with E-state index in [-0.39, 0.29) is 0 Å². The van der Waals surface area contributed by atoms with Gasteiger partial charge in [-0.05, 0) is 25.5 Å². The molecule has 1 aliphatic rings. The van der Waals surface area contributed by atoms with E-state index < -0.39 is 0 Å². The summed E-state index contributed by atoms with van der Waals surface area (Å²) in [6.45, 7) is 5.24. The first-order chi connectivity index (χ1) is 3.84. The van der Waals surface area contributed by atoms with Crippen LogP contribution in [0.25, 0.3) is 0 Å². The maximum absolute atomic E-state index is 3.19. The molecule has 0 unspecified atom stereocenters. The Morgan fingerprint density at radius 1 is 1.62 bits per heavy atom. The molecule has 0 saturated carbocycles. The average molecular weight is 109 g/mol. The lowest BCUT2D eigenvalue weighted by Gasteiger charge is -2.20. The van der Waals surface area contributed by atoms with Crippen LogP contribution in [0.3, 0.4) is 0 Å². The summed E-state index contributed by atoms with van der Waals surface area (Å²) in [6.07, 6.45) is 4.14. The maximum Gasteiger partial charge on any atom is 0.0380 e. The first-order valence-electron chi connectivity index (χ1n) is 2.91. The Kier molecular flexibility index (Phi) is 1.38. The SMILES string of the molecule is C/C=C\C1=C(C)CN1. The molecule has 0 spiro atoms. The number of nitrogens with one attached hydrogen (secondary N) is 1. The molecule has 0 aliphatic carbocycles. The van der Waals surface area contributed by atoms with Crippen molar-refractivity contribution in [2.75, 3.05) is 6.54 Å². The molecule has 0 aromatic carbocycles. The van der Waals surface area contributed by atoms with E-state index in [0.29, 0.717) is 0 Å². The van der Waals surface area contributed by atoms with Gasteiger partial charge in [0, 0.05) is 12.2 Å². The van der Waals surface area contributed by atoms with Gasteiger partial charge in [-0.2, -0.15) is 0 Å². The lowest BCUT2D eigenvalue weighted by Crippen LogP contribution is -2.27. The standard InChI is InChI=1S/C7H11N/c1-3-4-7-6(2)5-8-7/h3-4,8H,5H2,1-2H3/b4-3-. The minimum Gasteiger partial charge on any atom is -0.381 e. The van der Waals surface area contributed by atoms with E-state index in [0.717, 1.165) is 6.54 Å². The minimum atomic E-state index is 1.07. The second kappa shape index (κ2) is 2.03. The van der Waals surface area contributed by atoms with Crippen LogP contribution in [0.4, 0.5) is 0 Å². The molecule has 0 aromatic rings. The molecule has 1 heteroatoms. The summed E-state index contributed by atoms with van der Waals surface area (Å²) >= 11 is 0. The summed E-state index contributed by atoms with van der Waals surface area (Å²) in [6, 6.07) is 0. The average Bonchev–Trinajstić information content (AvgIpc) is 1.79. The number of rotatable bonds is 1. The van der Waals surface area contributed by atoms with Crippen LogP contribution in [0.15, 0.2) is 23.4 Å². The molecule has 0 saturated heterocycles. The quantitative estimate of drug-likeness (QED) is 0.537. The predicted octanol–water partition coefficient (Wildman–Crippen LogP) is 1.44. The zero-order valence-electron chi connectivity index (χ0n) is 5.36. The molecule has 0 fully saturated rings. The van der Waals surface area contributed by atoms with Gasteiger partial charge in [-0.3, -0.25) is 0 Å². The Balaban J connectivity index is 2.60. The highest BCUT2D eigenvalue weighted by Crippen LogP contribution is 2.09. The summed E-state index contributed by atoms with van der Waals surface area (Å²) in [7, 11) is 0. The Morgan fingerprint density at radius 2 is 2.38 bits per heavy atom.